The van der Waals surface area contributed by atoms with Crippen molar-refractivity contribution >= 4 is 20.7 Å². The van der Waals surface area contributed by atoms with Gasteiger partial charge in [-0.25, -0.2) is 0 Å². The van der Waals surface area contributed by atoms with Gasteiger partial charge in [0.05, 0.1) is 0 Å². The Kier molecular flexibility index (Phi) is 5.87. The van der Waals surface area contributed by atoms with Crippen molar-refractivity contribution in [2.75, 3.05) is 0 Å². The lowest BCUT2D eigenvalue weighted by Crippen LogP contribution is -1.86. The minimum Gasteiger partial charge on any atom is -0.412 e. The third-order valence-electron chi connectivity index (χ3n) is 4.09. The monoisotopic (exact) mass is 332 g/mol. The van der Waals surface area contributed by atoms with E-state index in [4.69, 9.17) is 0 Å². The lowest BCUT2D eigenvalue weighted by atomic mass is 9.91. The van der Waals surface area contributed by atoms with Crippen molar-refractivity contribution in [1.82, 2.24) is 0 Å². The van der Waals surface area contributed by atoms with E-state index < -0.39 is 0 Å². The molecule has 4 aromatic rings. The van der Waals surface area contributed by atoms with Crippen LogP contribution in [0.4, 0.5) is 0 Å². The van der Waals surface area contributed by atoms with Crippen LogP contribution in [0.25, 0.3) is 33.0 Å². The zero-order valence-electron chi connectivity index (χ0n) is 13.4. The number of rotatable bonds is 2. The summed E-state index contributed by atoms with van der Waals surface area (Å²) in [5.41, 5.74) is 5.11. The maximum atomic E-state index is 2.21. The van der Waals surface area contributed by atoms with E-state index in [1.165, 1.54) is 33.0 Å². The summed E-state index contributed by atoms with van der Waals surface area (Å²) < 4.78 is 0. The highest BCUT2D eigenvalue weighted by atomic mass is 31.0. The highest BCUT2D eigenvalue weighted by Gasteiger charge is 2.09. The first-order chi connectivity index (χ1) is 10.9. The number of benzene rings is 4. The van der Waals surface area contributed by atoms with Gasteiger partial charge < -0.3 is 5.48 Å². The van der Waals surface area contributed by atoms with Gasteiger partial charge in [-0.1, -0.05) is 97.1 Å². The fourth-order valence-corrected chi connectivity index (χ4v) is 3.05. The molecule has 4 rings (SSSR count). The van der Waals surface area contributed by atoms with E-state index >= 15 is 0 Å². The molecule has 0 amide bonds. The lowest BCUT2D eigenvalue weighted by molar-refractivity contribution is 0.824. The molecule has 0 fully saturated rings. The smallest absolute Gasteiger partial charge is 0.00992 e. The van der Waals surface area contributed by atoms with Crippen LogP contribution in [-0.2, 0) is 0 Å². The average Bonchev–Trinajstić information content (AvgIpc) is 2.62. The Balaban J connectivity index is 0.00000104. The van der Waals surface area contributed by atoms with Crippen LogP contribution in [0.5, 0.6) is 0 Å². The molecule has 0 aliphatic heterocycles. The van der Waals surface area contributed by atoms with Crippen molar-refractivity contribution in [2.24, 2.45) is 0 Å². The molecule has 0 aromatic heterocycles. The van der Waals surface area contributed by atoms with Crippen LogP contribution in [-0.4, -0.2) is 5.48 Å². The quantitative estimate of drug-likeness (QED) is 0.440. The Labute approximate surface area is 145 Å². The van der Waals surface area contributed by atoms with E-state index in [1.54, 1.807) is 0 Å². The number of hydrogen-bond donors (Lipinski definition) is 0. The summed E-state index contributed by atoms with van der Waals surface area (Å²) in [5, 5.41) is 2.58. The SMILES string of the molecule is O.P.c1ccc(-c2ccccc2-c2cccc3ccccc23)cc1. The lowest BCUT2D eigenvalue weighted by Gasteiger charge is -2.12. The van der Waals surface area contributed by atoms with Crippen molar-refractivity contribution < 1.29 is 5.48 Å². The molecule has 0 radical (unpaired) electrons. The zero-order valence-corrected chi connectivity index (χ0v) is 14.9. The van der Waals surface area contributed by atoms with Crippen LogP contribution in [0.1, 0.15) is 0 Å². The predicted octanol–water partition coefficient (Wildman–Crippen LogP) is 5.41. The third kappa shape index (κ3) is 3.23. The van der Waals surface area contributed by atoms with Crippen LogP contribution < -0.4 is 0 Å². The van der Waals surface area contributed by atoms with Gasteiger partial charge in [0.25, 0.3) is 0 Å². The van der Waals surface area contributed by atoms with Gasteiger partial charge in [0.15, 0.2) is 0 Å². The average molecular weight is 332 g/mol. The second kappa shape index (κ2) is 7.88. The Morgan fingerprint density at radius 1 is 0.417 bits per heavy atom. The van der Waals surface area contributed by atoms with Crippen LogP contribution in [0.3, 0.4) is 0 Å². The molecule has 120 valence electrons. The predicted molar refractivity (Wildman–Crippen MR) is 110 cm³/mol. The maximum Gasteiger partial charge on any atom is -0.00992 e. The summed E-state index contributed by atoms with van der Waals surface area (Å²) in [7, 11) is 0. The van der Waals surface area contributed by atoms with E-state index in [1.807, 2.05) is 0 Å². The van der Waals surface area contributed by atoms with Crippen molar-refractivity contribution in [1.29, 1.82) is 0 Å². The molecule has 1 unspecified atom stereocenters. The van der Waals surface area contributed by atoms with E-state index in [9.17, 15) is 0 Å². The second-order valence-corrected chi connectivity index (χ2v) is 5.44. The van der Waals surface area contributed by atoms with Crippen LogP contribution in [0.15, 0.2) is 97.1 Å². The molecular weight excluding hydrogens is 311 g/mol. The van der Waals surface area contributed by atoms with Gasteiger partial charge in [0.2, 0.25) is 0 Å². The molecule has 0 bridgehead atoms. The van der Waals surface area contributed by atoms with Gasteiger partial charge in [-0.05, 0) is 33.0 Å². The Morgan fingerprint density at radius 3 is 1.75 bits per heavy atom. The molecule has 2 N–H and O–H groups in total. The second-order valence-electron chi connectivity index (χ2n) is 5.44. The standard InChI is InChI=1S/C22H16.H2O.H3P/c1-2-9-17(10-3-1)19-14-6-7-15-21(19)22-16-8-12-18-11-4-5-13-20(18)22;;/h1-16H;1H2;1H3. The van der Waals surface area contributed by atoms with Gasteiger partial charge in [0, 0.05) is 0 Å². The largest absolute Gasteiger partial charge is 0.412 e. The number of fused-ring (bicyclic) bond motifs is 1. The Hall–Kier alpha value is -2.47. The highest BCUT2D eigenvalue weighted by Crippen LogP contribution is 2.35. The molecule has 4 aromatic carbocycles. The molecule has 1 nitrogen and oxygen atoms in total. The molecule has 2 heteroatoms. The first-order valence-corrected chi connectivity index (χ1v) is 7.56. The van der Waals surface area contributed by atoms with Crippen molar-refractivity contribution in [3.05, 3.63) is 97.1 Å². The van der Waals surface area contributed by atoms with Crippen molar-refractivity contribution in [3.63, 3.8) is 0 Å². The van der Waals surface area contributed by atoms with Crippen LogP contribution in [0, 0.1) is 0 Å². The van der Waals surface area contributed by atoms with Crippen LogP contribution >= 0.6 is 9.90 Å². The summed E-state index contributed by atoms with van der Waals surface area (Å²) in [5.74, 6) is 0. The summed E-state index contributed by atoms with van der Waals surface area (Å²) >= 11 is 0. The first-order valence-electron chi connectivity index (χ1n) is 7.56. The van der Waals surface area contributed by atoms with Gasteiger partial charge >= 0.3 is 0 Å². The first kappa shape index (κ1) is 17.9. The maximum absolute atomic E-state index is 2.21. The number of hydrogen-bond acceptors (Lipinski definition) is 0. The van der Waals surface area contributed by atoms with E-state index in [-0.39, 0.29) is 15.4 Å². The molecule has 0 aliphatic carbocycles. The Bertz CT molecular complexity index is 927. The summed E-state index contributed by atoms with van der Waals surface area (Å²) in [6.45, 7) is 0. The molecule has 0 saturated carbocycles. The van der Waals surface area contributed by atoms with Crippen molar-refractivity contribution in [2.45, 2.75) is 0 Å². The minimum absolute atomic E-state index is 0. The van der Waals surface area contributed by atoms with Gasteiger partial charge in [-0.2, -0.15) is 9.90 Å². The van der Waals surface area contributed by atoms with Gasteiger partial charge in [0.1, 0.15) is 0 Å². The fraction of sp³-hybridized carbons (Fsp3) is 0. The minimum atomic E-state index is 0. The summed E-state index contributed by atoms with van der Waals surface area (Å²) in [6, 6.07) is 34.3. The Morgan fingerprint density at radius 2 is 0.958 bits per heavy atom. The topological polar surface area (TPSA) is 31.5 Å². The zero-order chi connectivity index (χ0) is 14.8. The van der Waals surface area contributed by atoms with Gasteiger partial charge in [-0.15, -0.1) is 0 Å². The molecular formula is C22H21OP. The summed E-state index contributed by atoms with van der Waals surface area (Å²) in [6.07, 6.45) is 0. The third-order valence-corrected chi connectivity index (χ3v) is 4.09. The molecule has 1 atom stereocenters. The molecule has 0 aliphatic rings. The van der Waals surface area contributed by atoms with Gasteiger partial charge in [-0.3, -0.25) is 0 Å². The van der Waals surface area contributed by atoms with Crippen LogP contribution in [0.2, 0.25) is 0 Å². The summed E-state index contributed by atoms with van der Waals surface area (Å²) in [4.78, 5) is 0. The van der Waals surface area contributed by atoms with Crippen molar-refractivity contribution in [3.8, 4) is 22.3 Å². The molecule has 0 heterocycles. The molecule has 0 saturated heterocycles. The highest BCUT2D eigenvalue weighted by molar-refractivity contribution is 6.92. The van der Waals surface area contributed by atoms with E-state index in [2.05, 4.69) is 97.1 Å². The fourth-order valence-electron chi connectivity index (χ4n) is 3.05. The molecule has 0 spiro atoms. The molecule has 24 heavy (non-hydrogen) atoms. The van der Waals surface area contributed by atoms with E-state index in [0.29, 0.717) is 0 Å². The normalized spacial score (nSPS) is 9.83. The van der Waals surface area contributed by atoms with E-state index in [0.717, 1.165) is 0 Å².